The quantitative estimate of drug-likeness (QED) is 0.593. The molecule has 3 aliphatic rings. The molecule has 2 unspecified atom stereocenters. The van der Waals surface area contributed by atoms with Crippen molar-refractivity contribution in [1.82, 2.24) is 4.90 Å². The minimum Gasteiger partial charge on any atom is -0.448 e. The number of ether oxygens (including phenoxy) is 2. The Morgan fingerprint density at radius 2 is 1.55 bits per heavy atom. The van der Waals surface area contributed by atoms with Crippen LogP contribution in [0.3, 0.4) is 0 Å². The summed E-state index contributed by atoms with van der Waals surface area (Å²) in [6.45, 7) is 5.58. The van der Waals surface area contributed by atoms with Crippen molar-refractivity contribution in [3.05, 3.63) is 59.7 Å². The second-order valence-corrected chi connectivity index (χ2v) is 10.1. The first-order valence-corrected chi connectivity index (χ1v) is 12.3. The van der Waals surface area contributed by atoms with Crippen molar-refractivity contribution in [3.8, 4) is 11.1 Å². The van der Waals surface area contributed by atoms with Crippen molar-refractivity contribution in [1.29, 1.82) is 0 Å². The van der Waals surface area contributed by atoms with E-state index in [0.717, 1.165) is 6.42 Å². The lowest BCUT2D eigenvalue weighted by atomic mass is 9.81. The predicted molar refractivity (Wildman–Crippen MR) is 127 cm³/mol. The summed E-state index contributed by atoms with van der Waals surface area (Å²) in [6.07, 6.45) is 2.64. The van der Waals surface area contributed by atoms with Gasteiger partial charge >= 0.3 is 6.09 Å². The molecule has 2 aliphatic heterocycles. The zero-order chi connectivity index (χ0) is 22.9. The molecule has 33 heavy (non-hydrogen) atoms. The maximum absolute atomic E-state index is 13.2. The smallest absolute Gasteiger partial charge is 0.410 e. The highest BCUT2D eigenvalue weighted by atomic mass is 16.6. The number of nitrogens with zero attached hydrogens (tertiary/aromatic N) is 1. The molecule has 0 aromatic heterocycles. The Morgan fingerprint density at radius 3 is 2.12 bits per heavy atom. The molecule has 2 atom stereocenters. The van der Waals surface area contributed by atoms with E-state index in [1.807, 2.05) is 17.0 Å². The topological polar surface area (TPSA) is 55.8 Å². The zero-order valence-corrected chi connectivity index (χ0v) is 19.5. The molecule has 5 rings (SSSR count). The van der Waals surface area contributed by atoms with Crippen LogP contribution in [-0.2, 0) is 14.3 Å². The van der Waals surface area contributed by atoms with E-state index in [4.69, 9.17) is 9.47 Å². The third kappa shape index (κ3) is 4.31. The minimum atomic E-state index is -0.275. The van der Waals surface area contributed by atoms with Gasteiger partial charge in [-0.15, -0.1) is 0 Å². The number of amides is 1. The maximum Gasteiger partial charge on any atom is 0.410 e. The number of hydrogen-bond donors (Lipinski definition) is 0. The molecule has 2 fully saturated rings. The van der Waals surface area contributed by atoms with Crippen molar-refractivity contribution in [3.63, 3.8) is 0 Å². The number of benzene rings is 2. The lowest BCUT2D eigenvalue weighted by Gasteiger charge is -2.47. The van der Waals surface area contributed by atoms with Gasteiger partial charge in [0, 0.05) is 18.3 Å². The molecule has 0 N–H and O–H groups in total. The van der Waals surface area contributed by atoms with Crippen molar-refractivity contribution in [2.24, 2.45) is 11.8 Å². The van der Waals surface area contributed by atoms with Crippen LogP contribution in [0.1, 0.15) is 56.6 Å². The Kier molecular flexibility index (Phi) is 6.24. The van der Waals surface area contributed by atoms with Crippen molar-refractivity contribution < 1.29 is 19.1 Å². The predicted octanol–water partition coefficient (Wildman–Crippen LogP) is 5.42. The summed E-state index contributed by atoms with van der Waals surface area (Å²) in [5.41, 5.74) is 4.87. The van der Waals surface area contributed by atoms with Gasteiger partial charge in [0.05, 0.1) is 25.3 Å². The second kappa shape index (κ2) is 9.30. The lowest BCUT2D eigenvalue weighted by Crippen LogP contribution is -2.60. The fourth-order valence-electron chi connectivity index (χ4n) is 5.78. The third-order valence-electron chi connectivity index (χ3n) is 7.49. The fraction of sp³-hybridized carbons (Fsp3) is 0.500. The minimum absolute atomic E-state index is 0.0280. The number of morpholine rings is 1. The van der Waals surface area contributed by atoms with Crippen LogP contribution in [-0.4, -0.2) is 48.7 Å². The lowest BCUT2D eigenvalue weighted by molar-refractivity contribution is -0.131. The Hall–Kier alpha value is -2.66. The van der Waals surface area contributed by atoms with Crippen LogP contribution in [0.2, 0.25) is 0 Å². The molecule has 0 radical (unpaired) electrons. The molecule has 2 aromatic rings. The van der Waals surface area contributed by atoms with E-state index in [0.29, 0.717) is 50.8 Å². The molecule has 5 nitrogen and oxygen atoms in total. The molecule has 0 saturated carbocycles. The van der Waals surface area contributed by atoms with Gasteiger partial charge in [0.25, 0.3) is 0 Å². The third-order valence-corrected chi connectivity index (χ3v) is 7.49. The first-order chi connectivity index (χ1) is 16.0. The first-order valence-electron chi connectivity index (χ1n) is 12.3. The standard InChI is InChI=1S/C28H33NO4/c1-18(2)11-12-27(30)19-13-20-15-32-16-21(14-19)29(20)28(31)33-17-26-24-9-5-3-7-22(24)23-8-4-6-10-25(23)26/h3-10,18-21,26H,11-17H2,1-2H3. The van der Waals surface area contributed by atoms with Crippen LogP contribution in [0, 0.1) is 11.8 Å². The van der Waals surface area contributed by atoms with E-state index in [9.17, 15) is 9.59 Å². The number of rotatable bonds is 6. The summed E-state index contributed by atoms with van der Waals surface area (Å²) in [7, 11) is 0. The highest BCUT2D eigenvalue weighted by molar-refractivity contribution is 5.82. The molecule has 2 heterocycles. The monoisotopic (exact) mass is 447 g/mol. The molecule has 2 saturated heterocycles. The molecular weight excluding hydrogens is 414 g/mol. The summed E-state index contributed by atoms with van der Waals surface area (Å²) < 4.78 is 11.7. The second-order valence-electron chi connectivity index (χ2n) is 10.1. The highest BCUT2D eigenvalue weighted by Crippen LogP contribution is 2.44. The van der Waals surface area contributed by atoms with E-state index in [-0.39, 0.29) is 30.0 Å². The van der Waals surface area contributed by atoms with Gasteiger partial charge < -0.3 is 9.47 Å². The van der Waals surface area contributed by atoms with Gasteiger partial charge in [0.1, 0.15) is 12.4 Å². The number of Topliss-reactive ketones (excluding diaryl/α,β-unsaturated/α-hetero) is 1. The van der Waals surface area contributed by atoms with Crippen molar-refractivity contribution in [2.45, 2.75) is 57.5 Å². The Labute approximate surface area is 196 Å². The van der Waals surface area contributed by atoms with E-state index >= 15 is 0 Å². The SMILES string of the molecule is CC(C)CCC(=O)C1CC2COCC(C1)N2C(=O)OCC1c2ccccc2-c2ccccc21. The summed E-state index contributed by atoms with van der Waals surface area (Å²) >= 11 is 0. The van der Waals surface area contributed by atoms with E-state index in [1.54, 1.807) is 0 Å². The Balaban J connectivity index is 1.26. The molecule has 0 spiro atoms. The summed E-state index contributed by atoms with van der Waals surface area (Å²) in [5.74, 6) is 0.943. The molecule has 1 aliphatic carbocycles. The van der Waals surface area contributed by atoms with Gasteiger partial charge in [-0.05, 0) is 47.4 Å². The average Bonchev–Trinajstić information content (AvgIpc) is 3.14. The number of fused-ring (bicyclic) bond motifs is 5. The summed E-state index contributed by atoms with van der Waals surface area (Å²) in [4.78, 5) is 27.9. The van der Waals surface area contributed by atoms with Crippen LogP contribution in [0.4, 0.5) is 4.79 Å². The Morgan fingerprint density at radius 1 is 0.970 bits per heavy atom. The van der Waals surface area contributed by atoms with Gasteiger partial charge in [-0.3, -0.25) is 9.69 Å². The van der Waals surface area contributed by atoms with E-state index in [2.05, 4.69) is 50.2 Å². The van der Waals surface area contributed by atoms with E-state index in [1.165, 1.54) is 22.3 Å². The van der Waals surface area contributed by atoms with Crippen molar-refractivity contribution >= 4 is 11.9 Å². The molecule has 1 amide bonds. The van der Waals surface area contributed by atoms with Crippen LogP contribution in [0.25, 0.3) is 11.1 Å². The molecule has 2 bridgehead atoms. The molecule has 2 aromatic carbocycles. The number of hydrogen-bond acceptors (Lipinski definition) is 4. The van der Waals surface area contributed by atoms with Gasteiger partial charge in [-0.1, -0.05) is 62.4 Å². The van der Waals surface area contributed by atoms with Gasteiger partial charge in [-0.25, -0.2) is 4.79 Å². The number of carbonyl (C=O) groups excluding carboxylic acids is 2. The average molecular weight is 448 g/mol. The molecular formula is C28H33NO4. The van der Waals surface area contributed by atoms with Gasteiger partial charge in [-0.2, -0.15) is 0 Å². The summed E-state index contributed by atoms with van der Waals surface area (Å²) in [5, 5.41) is 0. The van der Waals surface area contributed by atoms with Gasteiger partial charge in [0.2, 0.25) is 0 Å². The first kappa shape index (κ1) is 22.1. The largest absolute Gasteiger partial charge is 0.448 e. The van der Waals surface area contributed by atoms with Crippen molar-refractivity contribution in [2.75, 3.05) is 19.8 Å². The van der Waals surface area contributed by atoms with Crippen LogP contribution >= 0.6 is 0 Å². The van der Waals surface area contributed by atoms with E-state index < -0.39 is 0 Å². The summed E-state index contributed by atoms with van der Waals surface area (Å²) in [6, 6.07) is 16.6. The Bertz CT molecular complexity index is 973. The van der Waals surface area contributed by atoms with Crippen LogP contribution in [0.5, 0.6) is 0 Å². The fourth-order valence-corrected chi connectivity index (χ4v) is 5.78. The molecule has 5 heteroatoms. The molecule has 174 valence electrons. The number of ketones is 1. The normalized spacial score (nSPS) is 23.8. The van der Waals surface area contributed by atoms with Crippen LogP contribution in [0.15, 0.2) is 48.5 Å². The number of piperidine rings is 1. The van der Waals surface area contributed by atoms with Crippen LogP contribution < -0.4 is 0 Å². The number of carbonyl (C=O) groups is 2. The van der Waals surface area contributed by atoms with Gasteiger partial charge in [0.15, 0.2) is 0 Å². The maximum atomic E-state index is 13.2. The zero-order valence-electron chi connectivity index (χ0n) is 19.5. The highest BCUT2D eigenvalue weighted by Gasteiger charge is 2.44.